The van der Waals surface area contributed by atoms with E-state index < -0.39 is 0 Å². The number of benzene rings is 6. The second-order valence-electron chi connectivity index (χ2n) is 11.6. The van der Waals surface area contributed by atoms with Crippen molar-refractivity contribution in [1.82, 2.24) is 14.1 Å². The van der Waals surface area contributed by atoms with Gasteiger partial charge in [-0.25, -0.2) is 4.98 Å². The fourth-order valence-electron chi connectivity index (χ4n) is 7.11. The van der Waals surface area contributed by atoms with Gasteiger partial charge in [0, 0.05) is 32.6 Å². The summed E-state index contributed by atoms with van der Waals surface area (Å²) >= 11 is 0. The standard InChI is InChI=1S/C41H25N3O/c1-2-10-28(11-3-1)43-34-15-7-4-12-29(34)32-24-26(18-20-36(32)43)27-19-21-37-33(25-27)30-13-5-8-16-35(30)44(37)40-23-22-39-41(42-40)31-14-6-9-17-38(31)45-39/h1-25H. The summed E-state index contributed by atoms with van der Waals surface area (Å²) in [6, 6.07) is 53.7. The number of hydrogen-bond donors (Lipinski definition) is 0. The van der Waals surface area contributed by atoms with Crippen LogP contribution in [0.25, 0.3) is 88.3 Å². The lowest BCUT2D eigenvalue weighted by molar-refractivity contribution is 0.668. The van der Waals surface area contributed by atoms with Gasteiger partial charge in [0.25, 0.3) is 0 Å². The molecule has 10 aromatic rings. The molecule has 0 spiro atoms. The molecule has 0 N–H and O–H groups in total. The first-order valence-electron chi connectivity index (χ1n) is 15.2. The van der Waals surface area contributed by atoms with Crippen LogP contribution in [0.5, 0.6) is 0 Å². The number of para-hydroxylation sites is 4. The molecule has 0 atom stereocenters. The first kappa shape index (κ1) is 24.3. The summed E-state index contributed by atoms with van der Waals surface area (Å²) in [7, 11) is 0. The van der Waals surface area contributed by atoms with E-state index in [-0.39, 0.29) is 0 Å². The van der Waals surface area contributed by atoms with Crippen molar-refractivity contribution < 1.29 is 4.42 Å². The highest BCUT2D eigenvalue weighted by Gasteiger charge is 2.17. The maximum absolute atomic E-state index is 6.08. The van der Waals surface area contributed by atoms with Crippen molar-refractivity contribution in [3.05, 3.63) is 152 Å². The molecule has 4 aromatic heterocycles. The van der Waals surface area contributed by atoms with E-state index in [1.165, 1.54) is 49.4 Å². The minimum Gasteiger partial charge on any atom is -0.454 e. The Morgan fingerprint density at radius 3 is 1.67 bits per heavy atom. The van der Waals surface area contributed by atoms with E-state index in [1.807, 2.05) is 24.3 Å². The van der Waals surface area contributed by atoms with E-state index in [2.05, 4.69) is 137 Å². The highest BCUT2D eigenvalue weighted by atomic mass is 16.3. The predicted octanol–water partition coefficient (Wildman–Crippen LogP) is 10.8. The summed E-state index contributed by atoms with van der Waals surface area (Å²) in [6.07, 6.45) is 0. The van der Waals surface area contributed by atoms with Crippen LogP contribution >= 0.6 is 0 Å². The van der Waals surface area contributed by atoms with Crippen molar-refractivity contribution >= 4 is 65.7 Å². The maximum Gasteiger partial charge on any atom is 0.154 e. The summed E-state index contributed by atoms with van der Waals surface area (Å²) < 4.78 is 10.7. The highest BCUT2D eigenvalue weighted by molar-refractivity contribution is 6.13. The van der Waals surface area contributed by atoms with Crippen LogP contribution in [-0.2, 0) is 0 Å². The van der Waals surface area contributed by atoms with Crippen LogP contribution in [0.1, 0.15) is 0 Å². The molecule has 0 unspecified atom stereocenters. The van der Waals surface area contributed by atoms with Gasteiger partial charge in [-0.05, 0) is 83.9 Å². The number of hydrogen-bond acceptors (Lipinski definition) is 2. The molecule has 0 aliphatic carbocycles. The van der Waals surface area contributed by atoms with Gasteiger partial charge < -0.3 is 8.98 Å². The summed E-state index contributed by atoms with van der Waals surface area (Å²) in [5.41, 5.74) is 10.8. The van der Waals surface area contributed by atoms with Crippen molar-refractivity contribution in [2.75, 3.05) is 0 Å². The molecular formula is C41H25N3O. The predicted molar refractivity (Wildman–Crippen MR) is 186 cm³/mol. The van der Waals surface area contributed by atoms with Crippen LogP contribution in [-0.4, -0.2) is 14.1 Å². The van der Waals surface area contributed by atoms with Crippen LogP contribution in [0, 0.1) is 0 Å². The molecule has 0 bridgehead atoms. The van der Waals surface area contributed by atoms with Gasteiger partial charge in [0.2, 0.25) is 0 Å². The molecule has 210 valence electrons. The molecule has 0 aliphatic heterocycles. The molecule has 0 fully saturated rings. The van der Waals surface area contributed by atoms with E-state index in [0.29, 0.717) is 0 Å². The molecule has 0 aliphatic rings. The number of rotatable bonds is 3. The maximum atomic E-state index is 6.08. The van der Waals surface area contributed by atoms with Gasteiger partial charge in [-0.3, -0.25) is 4.57 Å². The zero-order valence-electron chi connectivity index (χ0n) is 24.2. The molecule has 45 heavy (non-hydrogen) atoms. The van der Waals surface area contributed by atoms with E-state index in [4.69, 9.17) is 9.40 Å². The monoisotopic (exact) mass is 575 g/mol. The SMILES string of the molecule is c1ccc(-n2c3ccccc3c3cc(-c4ccc5c(c4)c4ccccc4n5-c4ccc5oc6ccccc6c5n4)ccc32)cc1. The smallest absolute Gasteiger partial charge is 0.154 e. The summed E-state index contributed by atoms with van der Waals surface area (Å²) in [5.74, 6) is 0.878. The quantitative estimate of drug-likeness (QED) is 0.210. The van der Waals surface area contributed by atoms with Gasteiger partial charge in [-0.15, -0.1) is 0 Å². The molecule has 10 rings (SSSR count). The second kappa shape index (κ2) is 9.18. The third-order valence-electron chi connectivity index (χ3n) is 9.13. The van der Waals surface area contributed by atoms with Crippen LogP contribution in [0.2, 0.25) is 0 Å². The molecule has 6 aromatic carbocycles. The van der Waals surface area contributed by atoms with Gasteiger partial charge >= 0.3 is 0 Å². The zero-order valence-corrected chi connectivity index (χ0v) is 24.2. The third-order valence-corrected chi connectivity index (χ3v) is 9.13. The number of furan rings is 1. The Kier molecular flexibility index (Phi) is 4.96. The number of pyridine rings is 1. The van der Waals surface area contributed by atoms with Crippen LogP contribution in [0.15, 0.2) is 156 Å². The topological polar surface area (TPSA) is 35.9 Å². The number of nitrogens with zero attached hydrogens (tertiary/aromatic N) is 3. The van der Waals surface area contributed by atoms with E-state index in [9.17, 15) is 0 Å². The fourth-order valence-corrected chi connectivity index (χ4v) is 7.11. The van der Waals surface area contributed by atoms with Gasteiger partial charge in [-0.2, -0.15) is 0 Å². The summed E-state index contributed by atoms with van der Waals surface area (Å²) in [6.45, 7) is 0. The summed E-state index contributed by atoms with van der Waals surface area (Å²) in [4.78, 5) is 5.14. The molecule has 0 saturated heterocycles. The van der Waals surface area contributed by atoms with Crippen molar-refractivity contribution in [1.29, 1.82) is 0 Å². The largest absolute Gasteiger partial charge is 0.454 e. The van der Waals surface area contributed by atoms with Crippen LogP contribution in [0.4, 0.5) is 0 Å². The van der Waals surface area contributed by atoms with Gasteiger partial charge in [0.1, 0.15) is 16.9 Å². The normalized spacial score (nSPS) is 12.0. The van der Waals surface area contributed by atoms with Crippen LogP contribution < -0.4 is 0 Å². The third kappa shape index (κ3) is 3.51. The van der Waals surface area contributed by atoms with E-state index >= 15 is 0 Å². The Morgan fingerprint density at radius 1 is 0.400 bits per heavy atom. The Bertz CT molecular complexity index is 2760. The molecule has 0 amide bonds. The minimum atomic E-state index is 0.798. The lowest BCUT2D eigenvalue weighted by Crippen LogP contribution is -1.97. The van der Waals surface area contributed by atoms with Crippen LogP contribution in [0.3, 0.4) is 0 Å². The van der Waals surface area contributed by atoms with Crippen molar-refractivity contribution in [3.8, 4) is 22.6 Å². The van der Waals surface area contributed by atoms with E-state index in [0.717, 1.165) is 38.9 Å². The summed E-state index contributed by atoms with van der Waals surface area (Å²) in [5, 5.41) is 5.94. The van der Waals surface area contributed by atoms with Crippen molar-refractivity contribution in [3.63, 3.8) is 0 Å². The Balaban J connectivity index is 1.18. The molecule has 0 radical (unpaired) electrons. The Morgan fingerprint density at radius 2 is 0.956 bits per heavy atom. The fraction of sp³-hybridized carbons (Fsp3) is 0. The molecular weight excluding hydrogens is 550 g/mol. The molecule has 4 heterocycles. The minimum absolute atomic E-state index is 0.798. The first-order chi connectivity index (χ1) is 22.3. The second-order valence-corrected chi connectivity index (χ2v) is 11.6. The lowest BCUT2D eigenvalue weighted by Gasteiger charge is -2.09. The zero-order chi connectivity index (χ0) is 29.5. The molecule has 4 nitrogen and oxygen atoms in total. The van der Waals surface area contributed by atoms with Crippen molar-refractivity contribution in [2.24, 2.45) is 0 Å². The Labute approximate surface area is 258 Å². The van der Waals surface area contributed by atoms with Gasteiger partial charge in [0.15, 0.2) is 5.58 Å². The number of fused-ring (bicyclic) bond motifs is 9. The average molecular weight is 576 g/mol. The lowest BCUT2D eigenvalue weighted by atomic mass is 10.0. The van der Waals surface area contributed by atoms with Gasteiger partial charge in [0.05, 0.1) is 22.1 Å². The average Bonchev–Trinajstić information content (AvgIpc) is 3.75. The molecule has 4 heteroatoms. The molecule has 0 saturated carbocycles. The van der Waals surface area contributed by atoms with Crippen molar-refractivity contribution in [2.45, 2.75) is 0 Å². The number of aromatic nitrogens is 3. The highest BCUT2D eigenvalue weighted by Crippen LogP contribution is 2.38. The van der Waals surface area contributed by atoms with Gasteiger partial charge in [-0.1, -0.05) is 78.9 Å². The van der Waals surface area contributed by atoms with E-state index in [1.54, 1.807) is 0 Å². The Hall–Kier alpha value is -6.13. The first-order valence-corrected chi connectivity index (χ1v) is 15.2.